The minimum atomic E-state index is -0.379. The number of rotatable bonds is 10. The molecular formula is C30H32N6O4. The molecule has 10 nitrogen and oxygen atoms in total. The van der Waals surface area contributed by atoms with Gasteiger partial charge in [-0.15, -0.1) is 0 Å². The van der Waals surface area contributed by atoms with E-state index in [1.165, 1.54) is 0 Å². The second-order valence-electron chi connectivity index (χ2n) is 9.62. The van der Waals surface area contributed by atoms with Crippen LogP contribution >= 0.6 is 0 Å². The average Bonchev–Trinajstić information content (AvgIpc) is 3.63. The summed E-state index contributed by atoms with van der Waals surface area (Å²) in [6.07, 6.45) is 8.09. The number of nitrogens with one attached hydrogen (secondary N) is 1. The van der Waals surface area contributed by atoms with Gasteiger partial charge in [0, 0.05) is 48.9 Å². The van der Waals surface area contributed by atoms with Gasteiger partial charge in [-0.25, -0.2) is 4.98 Å². The SMILES string of the molecule is C[C@H](OC1CCCCO1)c1nccn1Cc1cc(-c2ccc(C#Cc3ccc(CNCC(N)=O)cc3)cn2)on1. The fraction of sp³-hybridized carbons (Fsp3) is 0.333. The molecule has 1 aliphatic rings. The molecule has 1 fully saturated rings. The zero-order chi connectivity index (χ0) is 27.7. The number of carbonyl (C=O) groups excluding carboxylic acids is 1. The first-order valence-corrected chi connectivity index (χ1v) is 13.3. The topological polar surface area (TPSA) is 130 Å². The number of nitrogens with zero attached hydrogens (tertiary/aromatic N) is 4. The second kappa shape index (κ2) is 13.2. The highest BCUT2D eigenvalue weighted by Crippen LogP contribution is 2.24. The van der Waals surface area contributed by atoms with E-state index in [4.69, 9.17) is 19.7 Å². The van der Waals surface area contributed by atoms with Crippen LogP contribution < -0.4 is 11.1 Å². The molecule has 1 unspecified atom stereocenters. The van der Waals surface area contributed by atoms with Gasteiger partial charge in [-0.3, -0.25) is 9.78 Å². The largest absolute Gasteiger partial charge is 0.369 e. The smallest absolute Gasteiger partial charge is 0.231 e. The van der Waals surface area contributed by atoms with Crippen molar-refractivity contribution in [2.24, 2.45) is 5.73 Å². The van der Waals surface area contributed by atoms with Crippen LogP contribution in [0.25, 0.3) is 11.5 Å². The van der Waals surface area contributed by atoms with Crippen LogP contribution in [-0.2, 0) is 27.4 Å². The minimum Gasteiger partial charge on any atom is -0.369 e. The van der Waals surface area contributed by atoms with Crippen molar-refractivity contribution in [2.45, 2.75) is 51.7 Å². The van der Waals surface area contributed by atoms with E-state index in [1.807, 2.05) is 60.2 Å². The highest BCUT2D eigenvalue weighted by molar-refractivity contribution is 5.75. The minimum absolute atomic E-state index is 0.150. The molecule has 0 bridgehead atoms. The Balaban J connectivity index is 1.17. The Bertz CT molecular complexity index is 1460. The Morgan fingerprint density at radius 1 is 1.18 bits per heavy atom. The molecule has 2 atom stereocenters. The van der Waals surface area contributed by atoms with Gasteiger partial charge >= 0.3 is 0 Å². The highest BCUT2D eigenvalue weighted by Gasteiger charge is 2.21. The zero-order valence-corrected chi connectivity index (χ0v) is 22.4. The van der Waals surface area contributed by atoms with Gasteiger partial charge in [0.15, 0.2) is 12.1 Å². The van der Waals surface area contributed by atoms with E-state index in [9.17, 15) is 4.79 Å². The number of ether oxygens (including phenoxy) is 2. The summed E-state index contributed by atoms with van der Waals surface area (Å²) in [6, 6.07) is 13.5. The van der Waals surface area contributed by atoms with E-state index in [0.29, 0.717) is 24.5 Å². The van der Waals surface area contributed by atoms with E-state index < -0.39 is 0 Å². The molecule has 1 amide bonds. The van der Waals surface area contributed by atoms with Crippen LogP contribution in [0.15, 0.2) is 65.6 Å². The molecule has 1 aromatic carbocycles. The molecule has 0 spiro atoms. The summed E-state index contributed by atoms with van der Waals surface area (Å²) in [4.78, 5) is 19.8. The molecule has 3 aromatic heterocycles. The van der Waals surface area contributed by atoms with Crippen molar-refractivity contribution < 1.29 is 18.8 Å². The predicted octanol–water partition coefficient (Wildman–Crippen LogP) is 3.56. The van der Waals surface area contributed by atoms with Crippen molar-refractivity contribution in [1.82, 2.24) is 25.0 Å². The van der Waals surface area contributed by atoms with Crippen LogP contribution in [0.4, 0.5) is 0 Å². The Kier molecular flexibility index (Phi) is 8.98. The summed E-state index contributed by atoms with van der Waals surface area (Å²) < 4.78 is 19.4. The van der Waals surface area contributed by atoms with E-state index in [0.717, 1.165) is 54.1 Å². The number of benzene rings is 1. The average molecular weight is 541 g/mol. The number of aromatic nitrogens is 4. The third kappa shape index (κ3) is 7.42. The maximum Gasteiger partial charge on any atom is 0.231 e. The molecule has 4 aromatic rings. The van der Waals surface area contributed by atoms with Crippen molar-refractivity contribution in [1.29, 1.82) is 0 Å². The number of hydrogen-bond donors (Lipinski definition) is 2. The molecule has 10 heteroatoms. The number of amides is 1. The van der Waals surface area contributed by atoms with Crippen LogP contribution in [-0.4, -0.2) is 45.0 Å². The van der Waals surface area contributed by atoms with Crippen molar-refractivity contribution in [3.05, 3.63) is 89.3 Å². The Morgan fingerprint density at radius 3 is 2.75 bits per heavy atom. The summed E-state index contributed by atoms with van der Waals surface area (Å²) in [5.74, 6) is 7.29. The number of carbonyl (C=O) groups is 1. The first-order valence-electron chi connectivity index (χ1n) is 13.3. The van der Waals surface area contributed by atoms with E-state index in [1.54, 1.807) is 12.4 Å². The standard InChI is InChI=1S/C30H32N6O4/c1-21(39-29-4-2-3-15-38-29)30-33-13-14-36(30)20-25-16-27(40-35-25)26-12-11-24(18-34-26)10-7-22-5-8-23(9-6-22)17-32-19-28(31)37/h5-6,8-9,11-14,16,18,21,29,32H,2-4,15,17,19-20H2,1H3,(H2,31,37)/t21-,29?/m0/s1. The highest BCUT2D eigenvalue weighted by atomic mass is 16.7. The first kappa shape index (κ1) is 27.3. The lowest BCUT2D eigenvalue weighted by molar-refractivity contribution is -0.188. The Morgan fingerprint density at radius 2 is 2.00 bits per heavy atom. The molecule has 5 rings (SSSR count). The van der Waals surface area contributed by atoms with E-state index >= 15 is 0 Å². The van der Waals surface area contributed by atoms with Crippen LogP contribution in [0.2, 0.25) is 0 Å². The van der Waals surface area contributed by atoms with Gasteiger partial charge in [0.1, 0.15) is 23.3 Å². The maximum atomic E-state index is 10.8. The monoisotopic (exact) mass is 540 g/mol. The van der Waals surface area contributed by atoms with E-state index in [-0.39, 0.29) is 24.8 Å². The normalized spacial score (nSPS) is 15.8. The van der Waals surface area contributed by atoms with Crippen molar-refractivity contribution in [3.8, 4) is 23.3 Å². The van der Waals surface area contributed by atoms with Crippen LogP contribution in [0.3, 0.4) is 0 Å². The fourth-order valence-corrected chi connectivity index (χ4v) is 4.40. The lowest BCUT2D eigenvalue weighted by Crippen LogP contribution is -2.28. The molecule has 40 heavy (non-hydrogen) atoms. The molecule has 206 valence electrons. The van der Waals surface area contributed by atoms with Gasteiger partial charge in [-0.1, -0.05) is 29.1 Å². The van der Waals surface area contributed by atoms with Gasteiger partial charge in [0.2, 0.25) is 5.91 Å². The summed E-state index contributed by atoms with van der Waals surface area (Å²) in [5, 5.41) is 7.22. The quantitative estimate of drug-likeness (QED) is 0.292. The van der Waals surface area contributed by atoms with Crippen LogP contribution in [0, 0.1) is 11.8 Å². The summed E-state index contributed by atoms with van der Waals surface area (Å²) >= 11 is 0. The van der Waals surface area contributed by atoms with Crippen LogP contribution in [0.5, 0.6) is 0 Å². The van der Waals surface area contributed by atoms with Gasteiger partial charge < -0.3 is 29.6 Å². The lowest BCUT2D eigenvalue weighted by Gasteiger charge is -2.26. The molecule has 3 N–H and O–H groups in total. The molecule has 1 aliphatic heterocycles. The number of nitrogens with two attached hydrogens (primary N) is 1. The zero-order valence-electron chi connectivity index (χ0n) is 22.4. The third-order valence-corrected chi connectivity index (χ3v) is 6.45. The molecule has 0 saturated carbocycles. The van der Waals surface area contributed by atoms with Crippen LogP contribution in [0.1, 0.15) is 60.5 Å². The summed E-state index contributed by atoms with van der Waals surface area (Å²) in [5.41, 5.74) is 9.29. The number of hydrogen-bond acceptors (Lipinski definition) is 8. The van der Waals surface area contributed by atoms with Gasteiger partial charge in [0.25, 0.3) is 0 Å². The summed E-state index contributed by atoms with van der Waals surface area (Å²) in [6.45, 7) is 3.94. The maximum absolute atomic E-state index is 10.8. The third-order valence-electron chi connectivity index (χ3n) is 6.45. The second-order valence-corrected chi connectivity index (χ2v) is 9.62. The number of pyridine rings is 1. The van der Waals surface area contributed by atoms with Crippen molar-refractivity contribution in [2.75, 3.05) is 13.2 Å². The van der Waals surface area contributed by atoms with Crippen molar-refractivity contribution in [3.63, 3.8) is 0 Å². The van der Waals surface area contributed by atoms with Gasteiger partial charge in [0.05, 0.1) is 13.1 Å². The lowest BCUT2D eigenvalue weighted by atomic mass is 10.1. The van der Waals surface area contributed by atoms with E-state index in [2.05, 4.69) is 32.3 Å². The number of imidazole rings is 1. The molecule has 4 heterocycles. The van der Waals surface area contributed by atoms with Gasteiger partial charge in [-0.2, -0.15) is 0 Å². The Labute approximate surface area is 232 Å². The first-order chi connectivity index (χ1) is 19.5. The predicted molar refractivity (Wildman–Crippen MR) is 147 cm³/mol. The Hall–Kier alpha value is -4.30. The van der Waals surface area contributed by atoms with Gasteiger partial charge in [-0.05, 0) is 56.0 Å². The molecule has 1 saturated heterocycles. The molecule has 0 aliphatic carbocycles. The molecular weight excluding hydrogens is 508 g/mol. The summed E-state index contributed by atoms with van der Waals surface area (Å²) in [7, 11) is 0. The fourth-order valence-electron chi connectivity index (χ4n) is 4.40. The van der Waals surface area contributed by atoms with Crippen molar-refractivity contribution >= 4 is 5.91 Å². The number of primary amides is 1. The molecule has 0 radical (unpaired) electrons.